The Morgan fingerprint density at radius 3 is 2.74 bits per heavy atom. The lowest BCUT2D eigenvalue weighted by atomic mass is 10.1. The molecule has 2 aliphatic rings. The molecule has 1 amide bonds. The van der Waals surface area contributed by atoms with E-state index in [4.69, 9.17) is 14.2 Å². The highest BCUT2D eigenvalue weighted by Gasteiger charge is 2.29. The number of rotatable bonds is 8. The van der Waals surface area contributed by atoms with Gasteiger partial charge in [0.15, 0.2) is 20.6 Å². The average Bonchev–Trinajstić information content (AvgIpc) is 2.92. The largest absolute Gasteiger partial charge is 0.479 e. The highest BCUT2D eigenvalue weighted by atomic mass is 32.2. The van der Waals surface area contributed by atoms with E-state index >= 15 is 0 Å². The van der Waals surface area contributed by atoms with Crippen LogP contribution < -0.4 is 25.0 Å². The number of anilines is 4. The predicted molar refractivity (Wildman–Crippen MR) is 159 cm³/mol. The maximum atomic E-state index is 12.7. The Balaban J connectivity index is 1.55. The zero-order valence-electron chi connectivity index (χ0n) is 24.4. The molecule has 12 nitrogen and oxygen atoms in total. The van der Waals surface area contributed by atoms with Crippen molar-refractivity contribution in [2.75, 3.05) is 48.1 Å². The van der Waals surface area contributed by atoms with Crippen LogP contribution in [0.3, 0.4) is 0 Å². The molecule has 5 rings (SSSR count). The molecule has 0 saturated carbocycles. The third kappa shape index (κ3) is 6.90. The minimum absolute atomic E-state index is 0.0567. The van der Waals surface area contributed by atoms with E-state index in [-0.39, 0.29) is 17.0 Å². The Morgan fingerprint density at radius 1 is 1.19 bits per heavy atom. The van der Waals surface area contributed by atoms with E-state index in [0.29, 0.717) is 60.0 Å². The highest BCUT2D eigenvalue weighted by Crippen LogP contribution is 2.38. The Labute approximate surface area is 245 Å². The van der Waals surface area contributed by atoms with E-state index in [2.05, 4.69) is 30.5 Å². The second-order valence-electron chi connectivity index (χ2n) is 11.1. The molecule has 1 atom stereocenters. The molecule has 1 saturated heterocycles. The number of nitrogens with zero attached hydrogens (tertiary/aromatic N) is 4. The first-order valence-electron chi connectivity index (χ1n) is 13.9. The van der Waals surface area contributed by atoms with Crippen molar-refractivity contribution in [2.24, 2.45) is 0 Å². The number of carbonyl (C=O) groups is 1. The molecule has 3 aromatic heterocycles. The molecule has 3 aromatic rings. The first-order valence-corrected chi connectivity index (χ1v) is 15.8. The van der Waals surface area contributed by atoms with Gasteiger partial charge in [-0.15, -0.1) is 0 Å². The number of nitrogens with one attached hydrogen (secondary N) is 2. The van der Waals surface area contributed by atoms with Crippen LogP contribution in [0.1, 0.15) is 40.5 Å². The average molecular weight is 597 g/mol. The maximum Gasteiger partial charge on any atom is 0.257 e. The zero-order valence-corrected chi connectivity index (χ0v) is 25.2. The molecule has 0 bridgehead atoms. The summed E-state index contributed by atoms with van der Waals surface area (Å²) >= 11 is 0. The van der Waals surface area contributed by atoms with Crippen molar-refractivity contribution in [1.29, 1.82) is 0 Å². The van der Waals surface area contributed by atoms with E-state index in [1.807, 2.05) is 26.8 Å². The normalized spacial score (nSPS) is 17.9. The SMILES string of the molecule is CCOC1CCCN(c2cc(Nc3cc(NC(C)=O)ncc3-c3ccc4c(n3)OCC(C)(C)O4)nc(S(C)(=O)=O)c2)C1. The standard InChI is InChI=1S/C29H36N6O6S/c1-6-39-20-8-7-11-35(16-20)19-12-26(34-27(13-19)42(5,37)38)32-23-14-25(31-18(2)36)30-15-21(23)22-9-10-24-28(33-22)40-17-29(3,4)41-24/h9-10,12-15,20H,6-8,11,16-17H2,1-5H3,(H2,30,31,32,34,36). The molecular weight excluding hydrogens is 560 g/mol. The van der Waals surface area contributed by atoms with E-state index in [9.17, 15) is 13.2 Å². The van der Waals surface area contributed by atoms with E-state index < -0.39 is 15.4 Å². The van der Waals surface area contributed by atoms with Crippen LogP contribution in [0.4, 0.5) is 23.0 Å². The zero-order chi connectivity index (χ0) is 30.1. The van der Waals surface area contributed by atoms with Crippen LogP contribution in [0.25, 0.3) is 11.3 Å². The van der Waals surface area contributed by atoms with Crippen molar-refractivity contribution in [3.63, 3.8) is 0 Å². The lowest BCUT2D eigenvalue weighted by Gasteiger charge is -2.34. The molecule has 224 valence electrons. The Bertz CT molecular complexity index is 1590. The Hall–Kier alpha value is -3.97. The number of piperidine rings is 1. The summed E-state index contributed by atoms with van der Waals surface area (Å²) < 4.78 is 43.0. The van der Waals surface area contributed by atoms with Crippen molar-refractivity contribution < 1.29 is 27.4 Å². The molecular formula is C29H36N6O6S. The van der Waals surface area contributed by atoms with Gasteiger partial charge in [-0.25, -0.2) is 23.4 Å². The first kappa shape index (κ1) is 29.5. The van der Waals surface area contributed by atoms with Crippen LogP contribution in [0.2, 0.25) is 0 Å². The van der Waals surface area contributed by atoms with Gasteiger partial charge in [-0.05, 0) is 51.8 Å². The number of amides is 1. The number of hydrogen-bond acceptors (Lipinski definition) is 11. The summed E-state index contributed by atoms with van der Waals surface area (Å²) in [6.45, 7) is 9.59. The molecule has 0 aliphatic carbocycles. The third-order valence-electron chi connectivity index (χ3n) is 6.83. The number of carbonyl (C=O) groups excluding carboxylic acids is 1. The van der Waals surface area contributed by atoms with Gasteiger partial charge in [0.05, 0.1) is 17.5 Å². The van der Waals surface area contributed by atoms with Gasteiger partial charge in [-0.3, -0.25) is 4.79 Å². The molecule has 2 aliphatic heterocycles. The summed E-state index contributed by atoms with van der Waals surface area (Å²) in [5, 5.41) is 5.90. The first-order chi connectivity index (χ1) is 19.9. The van der Waals surface area contributed by atoms with E-state index in [1.54, 1.807) is 30.5 Å². The maximum absolute atomic E-state index is 12.7. The fourth-order valence-electron chi connectivity index (χ4n) is 4.95. The van der Waals surface area contributed by atoms with Gasteiger partial charge in [0.2, 0.25) is 5.91 Å². The summed E-state index contributed by atoms with van der Waals surface area (Å²) in [6, 6.07) is 8.63. The van der Waals surface area contributed by atoms with Crippen LogP contribution in [0, 0.1) is 0 Å². The molecule has 13 heteroatoms. The molecule has 1 unspecified atom stereocenters. The fraction of sp³-hybridized carbons (Fsp3) is 0.448. The van der Waals surface area contributed by atoms with Gasteiger partial charge >= 0.3 is 0 Å². The van der Waals surface area contributed by atoms with Gasteiger partial charge in [0.1, 0.15) is 23.8 Å². The molecule has 0 aromatic carbocycles. The quantitative estimate of drug-likeness (QED) is 0.386. The van der Waals surface area contributed by atoms with Crippen LogP contribution in [-0.4, -0.2) is 73.5 Å². The molecule has 5 heterocycles. The monoisotopic (exact) mass is 596 g/mol. The predicted octanol–water partition coefficient (Wildman–Crippen LogP) is 4.20. The third-order valence-corrected chi connectivity index (χ3v) is 7.80. The molecule has 0 radical (unpaired) electrons. The van der Waals surface area contributed by atoms with Crippen molar-refractivity contribution in [3.8, 4) is 22.9 Å². The van der Waals surface area contributed by atoms with Gasteiger partial charge < -0.3 is 29.7 Å². The number of fused-ring (bicyclic) bond motifs is 1. The van der Waals surface area contributed by atoms with Crippen molar-refractivity contribution >= 4 is 38.8 Å². The Kier molecular flexibility index (Phi) is 8.24. The minimum Gasteiger partial charge on any atom is -0.479 e. The van der Waals surface area contributed by atoms with Crippen LogP contribution in [-0.2, 0) is 19.4 Å². The lowest BCUT2D eigenvalue weighted by Crippen LogP contribution is -2.39. The topological polar surface area (TPSA) is 145 Å². The number of ether oxygens (including phenoxy) is 3. The number of aromatic nitrogens is 3. The van der Waals surface area contributed by atoms with Gasteiger partial charge in [0.25, 0.3) is 5.88 Å². The smallest absolute Gasteiger partial charge is 0.257 e. The fourth-order valence-corrected chi connectivity index (χ4v) is 5.55. The summed E-state index contributed by atoms with van der Waals surface area (Å²) in [4.78, 5) is 27.4. The van der Waals surface area contributed by atoms with Gasteiger partial charge in [-0.2, -0.15) is 0 Å². The van der Waals surface area contributed by atoms with Crippen molar-refractivity contribution in [3.05, 3.63) is 36.5 Å². The molecule has 1 fully saturated rings. The molecule has 2 N–H and O–H groups in total. The molecule has 0 spiro atoms. The molecule has 42 heavy (non-hydrogen) atoms. The summed E-state index contributed by atoms with van der Waals surface area (Å²) in [5.41, 5.74) is 1.87. The summed E-state index contributed by atoms with van der Waals surface area (Å²) in [6.07, 6.45) is 4.65. The minimum atomic E-state index is -3.63. The lowest BCUT2D eigenvalue weighted by molar-refractivity contribution is -0.114. The number of hydrogen-bond donors (Lipinski definition) is 2. The van der Waals surface area contributed by atoms with Gasteiger partial charge in [-0.1, -0.05) is 0 Å². The van der Waals surface area contributed by atoms with Crippen LogP contribution in [0.15, 0.2) is 41.6 Å². The van der Waals surface area contributed by atoms with Gasteiger partial charge in [0, 0.05) is 62.5 Å². The second-order valence-corrected chi connectivity index (χ2v) is 13.0. The Morgan fingerprint density at radius 2 is 2.00 bits per heavy atom. The summed E-state index contributed by atoms with van der Waals surface area (Å²) in [7, 11) is -3.63. The van der Waals surface area contributed by atoms with Crippen molar-refractivity contribution in [2.45, 2.75) is 57.3 Å². The van der Waals surface area contributed by atoms with Crippen LogP contribution >= 0.6 is 0 Å². The van der Waals surface area contributed by atoms with E-state index in [1.165, 1.54) is 6.92 Å². The van der Waals surface area contributed by atoms with Crippen molar-refractivity contribution in [1.82, 2.24) is 15.0 Å². The summed E-state index contributed by atoms with van der Waals surface area (Å²) in [5.74, 6) is 1.23. The van der Waals surface area contributed by atoms with Crippen LogP contribution in [0.5, 0.6) is 11.6 Å². The number of sulfone groups is 1. The highest BCUT2D eigenvalue weighted by molar-refractivity contribution is 7.90. The second kappa shape index (κ2) is 11.7. The number of pyridine rings is 3. The van der Waals surface area contributed by atoms with E-state index in [0.717, 1.165) is 31.3 Å².